The van der Waals surface area contributed by atoms with E-state index in [1.54, 1.807) is 18.4 Å². The summed E-state index contributed by atoms with van der Waals surface area (Å²) in [6, 6.07) is 9.78. The number of aromatic nitrogens is 2. The summed E-state index contributed by atoms with van der Waals surface area (Å²) in [5, 5.41) is 11.3. The van der Waals surface area contributed by atoms with E-state index in [0.717, 1.165) is 29.8 Å². The van der Waals surface area contributed by atoms with Gasteiger partial charge in [0.2, 0.25) is 11.8 Å². The third-order valence-electron chi connectivity index (χ3n) is 5.10. The third-order valence-corrected chi connectivity index (χ3v) is 5.10. The lowest BCUT2D eigenvalue weighted by Gasteiger charge is -2.23. The Balaban J connectivity index is 1.72. The van der Waals surface area contributed by atoms with Crippen molar-refractivity contribution in [3.05, 3.63) is 53.6 Å². The van der Waals surface area contributed by atoms with E-state index >= 15 is 0 Å². The topological polar surface area (TPSA) is 84.4 Å². The lowest BCUT2D eigenvalue weighted by molar-refractivity contribution is -0.117. The van der Waals surface area contributed by atoms with Crippen LogP contribution in [-0.2, 0) is 11.3 Å². The monoisotopic (exact) mass is 424 g/mol. The Bertz CT molecular complexity index is 950. The summed E-state index contributed by atoms with van der Waals surface area (Å²) in [5.41, 5.74) is 3.25. The fourth-order valence-electron chi connectivity index (χ4n) is 3.62. The summed E-state index contributed by atoms with van der Waals surface area (Å²) in [4.78, 5) is 15.0. The molecule has 7 heteroatoms. The zero-order valence-corrected chi connectivity index (χ0v) is 19.0. The molecule has 31 heavy (non-hydrogen) atoms. The van der Waals surface area contributed by atoms with E-state index in [2.05, 4.69) is 68.3 Å². The molecule has 0 spiro atoms. The van der Waals surface area contributed by atoms with Crippen LogP contribution in [-0.4, -0.2) is 34.1 Å². The number of nitrogens with one attached hydrogen (secondary N) is 1. The number of carbonyl (C=O) groups excluding carboxylic acids is 1. The fourth-order valence-corrected chi connectivity index (χ4v) is 3.62. The molecule has 3 aromatic rings. The van der Waals surface area contributed by atoms with Gasteiger partial charge in [0, 0.05) is 5.69 Å². The van der Waals surface area contributed by atoms with E-state index < -0.39 is 0 Å². The number of hydrogen-bond acceptors (Lipinski definition) is 6. The highest BCUT2D eigenvalue weighted by Crippen LogP contribution is 2.32. The minimum atomic E-state index is -0.0470. The maximum absolute atomic E-state index is 13.0. The minimum Gasteiger partial charge on any atom is -0.459 e. The Kier molecular flexibility index (Phi) is 7.63. The van der Waals surface area contributed by atoms with E-state index in [1.165, 1.54) is 0 Å². The first-order valence-corrected chi connectivity index (χ1v) is 10.9. The smallest absolute Gasteiger partial charge is 0.283 e. The number of hydrogen-bond donors (Lipinski definition) is 1. The predicted octanol–water partition coefficient (Wildman–Crippen LogP) is 5.43. The molecule has 166 valence electrons. The van der Waals surface area contributed by atoms with Crippen molar-refractivity contribution in [1.82, 2.24) is 15.1 Å². The van der Waals surface area contributed by atoms with Gasteiger partial charge in [0.25, 0.3) is 5.89 Å². The molecule has 0 radical (unpaired) electrons. The molecular weight excluding hydrogens is 392 g/mol. The molecular formula is C24H32N4O3. The second kappa shape index (κ2) is 10.4. The van der Waals surface area contributed by atoms with Crippen LogP contribution in [0.4, 0.5) is 5.69 Å². The van der Waals surface area contributed by atoms with Crippen LogP contribution >= 0.6 is 0 Å². The number of amides is 1. The number of para-hydroxylation sites is 1. The van der Waals surface area contributed by atoms with Crippen LogP contribution in [0.1, 0.15) is 69.9 Å². The van der Waals surface area contributed by atoms with Crippen molar-refractivity contribution >= 4 is 11.6 Å². The zero-order chi connectivity index (χ0) is 22.4. The first-order chi connectivity index (χ1) is 14.9. The summed E-state index contributed by atoms with van der Waals surface area (Å²) in [6.07, 6.45) is 2.47. The van der Waals surface area contributed by atoms with Gasteiger partial charge in [-0.1, -0.05) is 52.8 Å². The highest BCUT2D eigenvalue weighted by molar-refractivity contribution is 5.94. The van der Waals surface area contributed by atoms with Crippen LogP contribution in [0.15, 0.2) is 45.4 Å². The Morgan fingerprint density at radius 3 is 2.35 bits per heavy atom. The molecule has 2 aromatic heterocycles. The van der Waals surface area contributed by atoms with Gasteiger partial charge in [0.15, 0.2) is 5.76 Å². The van der Waals surface area contributed by atoms with E-state index in [0.29, 0.717) is 35.9 Å². The van der Waals surface area contributed by atoms with Crippen LogP contribution in [0.25, 0.3) is 11.7 Å². The average Bonchev–Trinajstić information content (AvgIpc) is 3.39. The van der Waals surface area contributed by atoms with Crippen molar-refractivity contribution in [3.8, 4) is 11.7 Å². The maximum Gasteiger partial charge on any atom is 0.283 e. The van der Waals surface area contributed by atoms with Gasteiger partial charge in [-0.15, -0.1) is 10.2 Å². The highest BCUT2D eigenvalue weighted by Gasteiger charge is 2.19. The van der Waals surface area contributed by atoms with Crippen LogP contribution < -0.4 is 5.32 Å². The summed E-state index contributed by atoms with van der Waals surface area (Å²) in [5.74, 6) is 1.92. The predicted molar refractivity (Wildman–Crippen MR) is 121 cm³/mol. The number of rotatable bonds is 10. The average molecular weight is 425 g/mol. The van der Waals surface area contributed by atoms with Gasteiger partial charge >= 0.3 is 0 Å². The van der Waals surface area contributed by atoms with Crippen LogP contribution in [0.3, 0.4) is 0 Å². The number of carbonyl (C=O) groups is 1. The molecule has 0 aliphatic rings. The number of benzene rings is 1. The summed E-state index contributed by atoms with van der Waals surface area (Å²) >= 11 is 0. The molecule has 0 aliphatic carbocycles. The second-order valence-electron chi connectivity index (χ2n) is 8.36. The van der Waals surface area contributed by atoms with E-state index in [4.69, 9.17) is 8.83 Å². The van der Waals surface area contributed by atoms with Crippen LogP contribution in [0.5, 0.6) is 0 Å². The summed E-state index contributed by atoms with van der Waals surface area (Å²) < 4.78 is 11.0. The lowest BCUT2D eigenvalue weighted by Crippen LogP contribution is -2.34. The van der Waals surface area contributed by atoms with Crippen LogP contribution in [0.2, 0.25) is 0 Å². The van der Waals surface area contributed by atoms with Gasteiger partial charge in [-0.25, -0.2) is 0 Å². The molecule has 0 saturated heterocycles. The van der Waals surface area contributed by atoms with E-state index in [1.807, 2.05) is 4.90 Å². The van der Waals surface area contributed by atoms with Crippen molar-refractivity contribution in [3.63, 3.8) is 0 Å². The fraction of sp³-hybridized carbons (Fsp3) is 0.458. The van der Waals surface area contributed by atoms with Crippen LogP contribution in [0, 0.1) is 0 Å². The molecule has 3 rings (SSSR count). The lowest BCUT2D eigenvalue weighted by atomic mass is 9.92. The summed E-state index contributed by atoms with van der Waals surface area (Å²) in [6.45, 7) is 12.0. The van der Waals surface area contributed by atoms with Crippen molar-refractivity contribution in [2.45, 2.75) is 59.4 Å². The molecule has 2 heterocycles. The van der Waals surface area contributed by atoms with Gasteiger partial charge < -0.3 is 14.2 Å². The molecule has 0 saturated carbocycles. The molecule has 0 aliphatic heterocycles. The minimum absolute atomic E-state index is 0.0470. The van der Waals surface area contributed by atoms with Crippen molar-refractivity contribution in [2.75, 3.05) is 18.4 Å². The van der Waals surface area contributed by atoms with Gasteiger partial charge in [-0.05, 0) is 48.1 Å². The first kappa shape index (κ1) is 22.7. The normalized spacial score (nSPS) is 11.6. The van der Waals surface area contributed by atoms with Gasteiger partial charge in [-0.2, -0.15) is 0 Å². The Morgan fingerprint density at radius 1 is 1.06 bits per heavy atom. The van der Waals surface area contributed by atoms with E-state index in [9.17, 15) is 4.79 Å². The molecule has 1 amide bonds. The Morgan fingerprint density at radius 2 is 1.77 bits per heavy atom. The van der Waals surface area contributed by atoms with Crippen molar-refractivity contribution in [2.24, 2.45) is 0 Å². The van der Waals surface area contributed by atoms with Gasteiger partial charge in [0.05, 0.1) is 19.4 Å². The Labute approximate surface area is 183 Å². The molecule has 1 aromatic carbocycles. The quantitative estimate of drug-likeness (QED) is 0.467. The van der Waals surface area contributed by atoms with Gasteiger partial charge in [-0.3, -0.25) is 9.69 Å². The SMILES string of the molecule is CCCN(CC(=O)Nc1c(C(C)C)cccc1C(C)C)Cc1nnc(-c2ccco2)o1. The molecule has 0 unspecified atom stereocenters. The van der Waals surface area contributed by atoms with E-state index in [-0.39, 0.29) is 12.5 Å². The first-order valence-electron chi connectivity index (χ1n) is 10.9. The highest BCUT2D eigenvalue weighted by atomic mass is 16.4. The molecule has 7 nitrogen and oxygen atoms in total. The van der Waals surface area contributed by atoms with Gasteiger partial charge in [0.1, 0.15) is 0 Å². The molecule has 0 atom stereocenters. The molecule has 0 fully saturated rings. The standard InChI is InChI=1S/C24H32N4O3/c1-6-12-28(15-22-26-27-24(31-22)20-11-8-13-30-20)14-21(29)25-23-18(16(2)3)9-7-10-19(23)17(4)5/h7-11,13,16-17H,6,12,14-15H2,1-5H3,(H,25,29). The summed E-state index contributed by atoms with van der Waals surface area (Å²) in [7, 11) is 0. The largest absolute Gasteiger partial charge is 0.459 e. The van der Waals surface area contributed by atoms with Crippen molar-refractivity contribution < 1.29 is 13.6 Å². The van der Waals surface area contributed by atoms with Crippen molar-refractivity contribution in [1.29, 1.82) is 0 Å². The second-order valence-corrected chi connectivity index (χ2v) is 8.36. The number of nitrogens with zero attached hydrogens (tertiary/aromatic N) is 3. The third kappa shape index (κ3) is 5.82. The molecule has 0 bridgehead atoms. The number of anilines is 1. The maximum atomic E-state index is 13.0. The zero-order valence-electron chi connectivity index (χ0n) is 19.0. The number of furan rings is 1. The molecule has 1 N–H and O–H groups in total. The Hall–Kier alpha value is -2.93.